The van der Waals surface area contributed by atoms with Crippen LogP contribution in [0.2, 0.25) is 0 Å². The second-order valence-corrected chi connectivity index (χ2v) is 8.61. The Morgan fingerprint density at radius 1 is 1.39 bits per heavy atom. The second-order valence-electron chi connectivity index (χ2n) is 6.35. The molecule has 1 aliphatic rings. The zero-order valence-corrected chi connectivity index (χ0v) is 14.2. The van der Waals surface area contributed by atoms with Gasteiger partial charge in [-0.25, -0.2) is 12.8 Å². The van der Waals surface area contributed by atoms with Crippen LogP contribution in [0.15, 0.2) is 24.3 Å². The van der Waals surface area contributed by atoms with Gasteiger partial charge >= 0.3 is 0 Å². The van der Waals surface area contributed by atoms with E-state index in [9.17, 15) is 17.6 Å². The van der Waals surface area contributed by atoms with Gasteiger partial charge in [-0.1, -0.05) is 12.1 Å². The van der Waals surface area contributed by atoms with Crippen LogP contribution in [0.1, 0.15) is 31.2 Å². The minimum Gasteiger partial charge on any atom is -0.338 e. The van der Waals surface area contributed by atoms with Gasteiger partial charge in [-0.15, -0.1) is 0 Å². The molecule has 1 amide bonds. The number of sulfone groups is 1. The fourth-order valence-corrected chi connectivity index (χ4v) is 3.67. The Morgan fingerprint density at radius 3 is 2.57 bits per heavy atom. The van der Waals surface area contributed by atoms with Crippen molar-refractivity contribution in [2.24, 2.45) is 5.73 Å². The average molecular weight is 342 g/mol. The standard InChI is InChI=1S/C16H23FN2O3S/c1-11-9-13(12-3-5-14(17)6-4-12)10-19(11)16(20)15(18)7-8-23(2,21)22/h3-6,11,13,15H,7-10,18H2,1-2H3. The highest BCUT2D eigenvalue weighted by Crippen LogP contribution is 2.32. The fraction of sp³-hybridized carbons (Fsp3) is 0.562. The summed E-state index contributed by atoms with van der Waals surface area (Å²) in [6.45, 7) is 2.48. The molecule has 0 bridgehead atoms. The van der Waals surface area contributed by atoms with Crippen LogP contribution in [0.5, 0.6) is 0 Å². The van der Waals surface area contributed by atoms with E-state index in [1.54, 1.807) is 17.0 Å². The van der Waals surface area contributed by atoms with Crippen molar-refractivity contribution in [3.63, 3.8) is 0 Å². The molecule has 1 aromatic rings. The summed E-state index contributed by atoms with van der Waals surface area (Å²) >= 11 is 0. The van der Waals surface area contributed by atoms with E-state index in [2.05, 4.69) is 0 Å². The molecule has 1 heterocycles. The van der Waals surface area contributed by atoms with Gasteiger partial charge in [0.25, 0.3) is 0 Å². The quantitative estimate of drug-likeness (QED) is 0.874. The fourth-order valence-electron chi connectivity index (χ4n) is 2.99. The van der Waals surface area contributed by atoms with Crippen LogP contribution >= 0.6 is 0 Å². The van der Waals surface area contributed by atoms with Crippen LogP contribution in [-0.4, -0.2) is 49.9 Å². The first-order chi connectivity index (χ1) is 10.7. The topological polar surface area (TPSA) is 80.5 Å². The van der Waals surface area contributed by atoms with Gasteiger partial charge in [0, 0.05) is 24.8 Å². The molecule has 1 saturated heterocycles. The third kappa shape index (κ3) is 4.75. The summed E-state index contributed by atoms with van der Waals surface area (Å²) in [4.78, 5) is 14.2. The third-order valence-corrected chi connectivity index (χ3v) is 5.29. The molecule has 7 heteroatoms. The van der Waals surface area contributed by atoms with Crippen LogP contribution in [0.25, 0.3) is 0 Å². The van der Waals surface area contributed by atoms with Crippen LogP contribution in [0.3, 0.4) is 0 Å². The predicted molar refractivity (Wildman–Crippen MR) is 87.2 cm³/mol. The SMILES string of the molecule is CC1CC(c2ccc(F)cc2)CN1C(=O)C(N)CCS(C)(=O)=O. The minimum atomic E-state index is -3.13. The molecule has 3 atom stereocenters. The number of benzene rings is 1. The van der Waals surface area contributed by atoms with Gasteiger partial charge < -0.3 is 10.6 Å². The lowest BCUT2D eigenvalue weighted by Crippen LogP contribution is -2.46. The highest BCUT2D eigenvalue weighted by Gasteiger charge is 2.35. The van der Waals surface area contributed by atoms with Gasteiger partial charge in [-0.3, -0.25) is 4.79 Å². The maximum absolute atomic E-state index is 13.0. The Bertz CT molecular complexity index is 660. The van der Waals surface area contributed by atoms with Crippen molar-refractivity contribution in [2.75, 3.05) is 18.6 Å². The normalized spacial score (nSPS) is 23.0. The molecule has 2 rings (SSSR count). The lowest BCUT2D eigenvalue weighted by Gasteiger charge is -2.25. The third-order valence-electron chi connectivity index (χ3n) is 4.32. The zero-order chi connectivity index (χ0) is 17.2. The molecule has 2 N–H and O–H groups in total. The number of likely N-dealkylation sites (tertiary alicyclic amines) is 1. The molecule has 0 radical (unpaired) electrons. The maximum Gasteiger partial charge on any atom is 0.239 e. The summed E-state index contributed by atoms with van der Waals surface area (Å²) in [5.41, 5.74) is 6.86. The van der Waals surface area contributed by atoms with Crippen molar-refractivity contribution in [3.05, 3.63) is 35.6 Å². The largest absolute Gasteiger partial charge is 0.338 e. The Hall–Kier alpha value is -1.47. The molecule has 1 aliphatic heterocycles. The van der Waals surface area contributed by atoms with E-state index >= 15 is 0 Å². The second kappa shape index (κ2) is 6.97. The first kappa shape index (κ1) is 17.9. The molecule has 23 heavy (non-hydrogen) atoms. The van der Waals surface area contributed by atoms with Crippen molar-refractivity contribution >= 4 is 15.7 Å². The van der Waals surface area contributed by atoms with Gasteiger partial charge in [-0.05, 0) is 37.5 Å². The minimum absolute atomic E-state index is 0.0295. The Morgan fingerprint density at radius 2 is 2.00 bits per heavy atom. The summed E-state index contributed by atoms with van der Waals surface area (Å²) < 4.78 is 35.4. The molecule has 0 spiro atoms. The highest BCUT2D eigenvalue weighted by atomic mass is 32.2. The first-order valence-corrected chi connectivity index (χ1v) is 9.72. The Balaban J connectivity index is 2.00. The smallest absolute Gasteiger partial charge is 0.239 e. The molecular weight excluding hydrogens is 319 g/mol. The maximum atomic E-state index is 13.0. The molecule has 0 aliphatic carbocycles. The molecule has 128 valence electrons. The van der Waals surface area contributed by atoms with Gasteiger partial charge in [0.15, 0.2) is 0 Å². The number of nitrogens with two attached hydrogens (primary N) is 1. The summed E-state index contributed by atoms with van der Waals surface area (Å²) in [5, 5.41) is 0. The number of carbonyl (C=O) groups excluding carboxylic acids is 1. The van der Waals surface area contributed by atoms with E-state index in [-0.39, 0.29) is 35.9 Å². The van der Waals surface area contributed by atoms with Gasteiger partial charge in [0.05, 0.1) is 11.8 Å². The number of halogens is 1. The zero-order valence-electron chi connectivity index (χ0n) is 13.4. The Labute approximate surface area is 136 Å². The van der Waals surface area contributed by atoms with Crippen LogP contribution < -0.4 is 5.73 Å². The number of hydrogen-bond donors (Lipinski definition) is 1. The van der Waals surface area contributed by atoms with Crippen molar-refractivity contribution in [1.29, 1.82) is 0 Å². The number of hydrogen-bond acceptors (Lipinski definition) is 4. The van der Waals surface area contributed by atoms with E-state index in [1.807, 2.05) is 6.92 Å². The molecular formula is C16H23FN2O3S. The molecule has 0 aromatic heterocycles. The number of rotatable bonds is 5. The predicted octanol–water partition coefficient (Wildman–Crippen LogP) is 1.29. The first-order valence-electron chi connectivity index (χ1n) is 7.66. The monoisotopic (exact) mass is 342 g/mol. The highest BCUT2D eigenvalue weighted by molar-refractivity contribution is 7.90. The Kier molecular flexibility index (Phi) is 5.41. The summed E-state index contributed by atoms with van der Waals surface area (Å²) in [7, 11) is -3.13. The van der Waals surface area contributed by atoms with Gasteiger partial charge in [-0.2, -0.15) is 0 Å². The van der Waals surface area contributed by atoms with E-state index in [1.165, 1.54) is 12.1 Å². The van der Waals surface area contributed by atoms with E-state index in [0.717, 1.165) is 18.2 Å². The van der Waals surface area contributed by atoms with Crippen molar-refractivity contribution in [1.82, 2.24) is 4.90 Å². The molecule has 3 unspecified atom stereocenters. The van der Waals surface area contributed by atoms with Gasteiger partial charge in [0.2, 0.25) is 5.91 Å². The van der Waals surface area contributed by atoms with E-state index < -0.39 is 15.9 Å². The molecule has 5 nitrogen and oxygen atoms in total. The van der Waals surface area contributed by atoms with Crippen molar-refractivity contribution in [3.8, 4) is 0 Å². The molecule has 0 saturated carbocycles. The van der Waals surface area contributed by atoms with Crippen molar-refractivity contribution < 1.29 is 17.6 Å². The molecule has 1 fully saturated rings. The number of nitrogens with zero attached hydrogens (tertiary/aromatic N) is 1. The van der Waals surface area contributed by atoms with Crippen LogP contribution in [0, 0.1) is 5.82 Å². The lowest BCUT2D eigenvalue weighted by molar-refractivity contribution is -0.133. The summed E-state index contributed by atoms with van der Waals surface area (Å²) in [6.07, 6.45) is 2.05. The van der Waals surface area contributed by atoms with Gasteiger partial charge in [0.1, 0.15) is 15.7 Å². The number of amides is 1. The number of carbonyl (C=O) groups is 1. The van der Waals surface area contributed by atoms with Crippen molar-refractivity contribution in [2.45, 2.75) is 37.8 Å². The van der Waals surface area contributed by atoms with E-state index in [4.69, 9.17) is 5.73 Å². The summed E-state index contributed by atoms with van der Waals surface area (Å²) in [5.74, 6) is -0.443. The van der Waals surface area contributed by atoms with E-state index in [0.29, 0.717) is 6.54 Å². The van der Waals surface area contributed by atoms with Crippen LogP contribution in [0.4, 0.5) is 4.39 Å². The lowest BCUT2D eigenvalue weighted by atomic mass is 9.97. The summed E-state index contributed by atoms with van der Waals surface area (Å²) in [6, 6.07) is 5.54. The molecule has 1 aromatic carbocycles. The average Bonchev–Trinajstić information content (AvgIpc) is 2.86. The van der Waals surface area contributed by atoms with Crippen LogP contribution in [-0.2, 0) is 14.6 Å².